The number of nitrogens with one attached hydrogen (secondary N) is 1. The maximum atomic E-state index is 13.0. The fraction of sp³-hybridized carbons (Fsp3) is 0.263. The standard InChI is InChI=1S/C19H16F2N2O4/c20-19(21)26-15-8-7-14(10-16(15)27-19)22-18(25)13-5-3-12(4-6-13)11-23-9-1-2-17(23)24/h3-8,10H,1-2,9,11H2,(H,22,25). The average molecular weight is 374 g/mol. The van der Waals surface area contributed by atoms with Crippen LogP contribution in [0.4, 0.5) is 14.5 Å². The van der Waals surface area contributed by atoms with Gasteiger partial charge in [-0.1, -0.05) is 12.1 Å². The number of rotatable bonds is 4. The number of halogens is 2. The molecule has 2 aromatic carbocycles. The molecule has 0 unspecified atom stereocenters. The second kappa shape index (κ2) is 6.53. The van der Waals surface area contributed by atoms with E-state index in [1.807, 2.05) is 0 Å². The predicted molar refractivity (Wildman–Crippen MR) is 91.7 cm³/mol. The Morgan fingerprint density at radius 1 is 1.11 bits per heavy atom. The molecule has 0 bridgehead atoms. The Bertz CT molecular complexity index is 899. The summed E-state index contributed by atoms with van der Waals surface area (Å²) in [5, 5.41) is 2.63. The summed E-state index contributed by atoms with van der Waals surface area (Å²) in [5.74, 6) is -0.461. The molecule has 8 heteroatoms. The Morgan fingerprint density at radius 2 is 1.85 bits per heavy atom. The van der Waals surface area contributed by atoms with Gasteiger partial charge in [-0.15, -0.1) is 8.78 Å². The first-order valence-electron chi connectivity index (χ1n) is 8.48. The van der Waals surface area contributed by atoms with Crippen LogP contribution in [0.2, 0.25) is 0 Å². The van der Waals surface area contributed by atoms with E-state index in [-0.39, 0.29) is 23.3 Å². The van der Waals surface area contributed by atoms with Crippen LogP contribution in [0.5, 0.6) is 11.5 Å². The highest BCUT2D eigenvalue weighted by Crippen LogP contribution is 2.42. The van der Waals surface area contributed by atoms with E-state index in [0.717, 1.165) is 18.5 Å². The molecule has 2 aromatic rings. The summed E-state index contributed by atoms with van der Waals surface area (Å²) in [7, 11) is 0. The Labute approximate surface area is 153 Å². The van der Waals surface area contributed by atoms with E-state index in [1.54, 1.807) is 29.2 Å². The number of amides is 2. The Kier molecular flexibility index (Phi) is 4.18. The van der Waals surface area contributed by atoms with Crippen LogP contribution >= 0.6 is 0 Å². The smallest absolute Gasteiger partial charge is 0.395 e. The van der Waals surface area contributed by atoms with Crippen molar-refractivity contribution in [2.24, 2.45) is 0 Å². The average Bonchev–Trinajstić information content (AvgIpc) is 3.16. The number of hydrogen-bond acceptors (Lipinski definition) is 4. The molecule has 2 amide bonds. The third-order valence-electron chi connectivity index (χ3n) is 4.42. The van der Waals surface area contributed by atoms with Gasteiger partial charge in [0.15, 0.2) is 11.5 Å². The fourth-order valence-electron chi connectivity index (χ4n) is 3.08. The second-order valence-electron chi connectivity index (χ2n) is 6.40. The molecule has 0 atom stereocenters. The Hall–Kier alpha value is -3.16. The van der Waals surface area contributed by atoms with Crippen LogP contribution in [-0.4, -0.2) is 29.6 Å². The number of likely N-dealkylation sites (tertiary alicyclic amines) is 1. The van der Waals surface area contributed by atoms with Gasteiger partial charge in [0.25, 0.3) is 5.91 Å². The summed E-state index contributed by atoms with van der Waals surface area (Å²) in [6.45, 7) is 1.28. The van der Waals surface area contributed by atoms with Crippen LogP contribution in [0.3, 0.4) is 0 Å². The monoisotopic (exact) mass is 374 g/mol. The zero-order chi connectivity index (χ0) is 19.0. The lowest BCUT2D eigenvalue weighted by Crippen LogP contribution is -2.25. The summed E-state index contributed by atoms with van der Waals surface area (Å²) in [4.78, 5) is 25.8. The van der Waals surface area contributed by atoms with Gasteiger partial charge in [-0.2, -0.15) is 0 Å². The molecule has 2 aliphatic rings. The van der Waals surface area contributed by atoms with Crippen LogP contribution in [0, 0.1) is 0 Å². The van der Waals surface area contributed by atoms with Crippen LogP contribution in [0.1, 0.15) is 28.8 Å². The molecule has 2 heterocycles. The van der Waals surface area contributed by atoms with Crippen molar-refractivity contribution in [2.45, 2.75) is 25.7 Å². The third kappa shape index (κ3) is 3.69. The highest BCUT2D eigenvalue weighted by molar-refractivity contribution is 6.04. The number of fused-ring (bicyclic) bond motifs is 1. The zero-order valence-electron chi connectivity index (χ0n) is 14.2. The maximum absolute atomic E-state index is 13.0. The minimum Gasteiger partial charge on any atom is -0.395 e. The van der Waals surface area contributed by atoms with Crippen molar-refractivity contribution in [1.29, 1.82) is 0 Å². The van der Waals surface area contributed by atoms with Crippen molar-refractivity contribution in [3.05, 3.63) is 53.6 Å². The molecule has 1 saturated heterocycles. The topological polar surface area (TPSA) is 67.9 Å². The first kappa shape index (κ1) is 17.3. The second-order valence-corrected chi connectivity index (χ2v) is 6.40. The molecule has 27 heavy (non-hydrogen) atoms. The van der Waals surface area contributed by atoms with E-state index in [9.17, 15) is 18.4 Å². The number of alkyl halides is 2. The van der Waals surface area contributed by atoms with Crippen molar-refractivity contribution in [2.75, 3.05) is 11.9 Å². The lowest BCUT2D eigenvalue weighted by atomic mass is 10.1. The van der Waals surface area contributed by atoms with Gasteiger partial charge in [-0.3, -0.25) is 9.59 Å². The normalized spacial score (nSPS) is 17.3. The number of benzene rings is 2. The van der Waals surface area contributed by atoms with Crippen LogP contribution < -0.4 is 14.8 Å². The highest BCUT2D eigenvalue weighted by Gasteiger charge is 2.43. The SMILES string of the molecule is O=C(Nc1ccc2c(c1)OC(F)(F)O2)c1ccc(CN2CCCC2=O)cc1. The van der Waals surface area contributed by atoms with E-state index >= 15 is 0 Å². The van der Waals surface area contributed by atoms with Gasteiger partial charge in [0.1, 0.15) is 0 Å². The first-order chi connectivity index (χ1) is 12.9. The van der Waals surface area contributed by atoms with Gasteiger partial charge in [0.05, 0.1) is 0 Å². The van der Waals surface area contributed by atoms with Gasteiger partial charge < -0.3 is 19.7 Å². The van der Waals surface area contributed by atoms with Crippen molar-refractivity contribution >= 4 is 17.5 Å². The highest BCUT2D eigenvalue weighted by atomic mass is 19.3. The van der Waals surface area contributed by atoms with E-state index < -0.39 is 6.29 Å². The summed E-state index contributed by atoms with van der Waals surface area (Å²) >= 11 is 0. The van der Waals surface area contributed by atoms with Crippen LogP contribution in [0.25, 0.3) is 0 Å². The number of ether oxygens (including phenoxy) is 2. The predicted octanol–water partition coefficient (Wildman–Crippen LogP) is 3.38. The zero-order valence-corrected chi connectivity index (χ0v) is 14.2. The molecule has 0 radical (unpaired) electrons. The van der Waals surface area contributed by atoms with E-state index in [1.165, 1.54) is 18.2 Å². The van der Waals surface area contributed by atoms with Crippen LogP contribution in [0.15, 0.2) is 42.5 Å². The molecule has 1 N–H and O–H groups in total. The van der Waals surface area contributed by atoms with E-state index in [0.29, 0.717) is 24.2 Å². The van der Waals surface area contributed by atoms with Crippen molar-refractivity contribution < 1.29 is 27.8 Å². The summed E-state index contributed by atoms with van der Waals surface area (Å²) < 4.78 is 34.8. The minimum atomic E-state index is -3.70. The Balaban J connectivity index is 1.41. The minimum absolute atomic E-state index is 0.0844. The van der Waals surface area contributed by atoms with Gasteiger partial charge in [0, 0.05) is 36.8 Å². The number of anilines is 1. The van der Waals surface area contributed by atoms with Crippen molar-refractivity contribution in [1.82, 2.24) is 4.90 Å². The van der Waals surface area contributed by atoms with Gasteiger partial charge in [-0.05, 0) is 36.2 Å². The number of nitrogens with zero attached hydrogens (tertiary/aromatic N) is 1. The molecule has 6 nitrogen and oxygen atoms in total. The largest absolute Gasteiger partial charge is 0.586 e. The lowest BCUT2D eigenvalue weighted by Gasteiger charge is -2.15. The maximum Gasteiger partial charge on any atom is 0.586 e. The molecular weight excluding hydrogens is 358 g/mol. The van der Waals surface area contributed by atoms with E-state index in [4.69, 9.17) is 0 Å². The molecule has 0 aliphatic carbocycles. The third-order valence-corrected chi connectivity index (χ3v) is 4.42. The van der Waals surface area contributed by atoms with Gasteiger partial charge in [-0.25, -0.2) is 0 Å². The first-order valence-corrected chi connectivity index (χ1v) is 8.48. The molecular formula is C19H16F2N2O4. The van der Waals surface area contributed by atoms with Crippen molar-refractivity contribution in [3.63, 3.8) is 0 Å². The number of hydrogen-bond donors (Lipinski definition) is 1. The quantitative estimate of drug-likeness (QED) is 0.891. The molecule has 0 aromatic heterocycles. The Morgan fingerprint density at radius 3 is 2.56 bits per heavy atom. The molecule has 0 saturated carbocycles. The fourth-order valence-corrected chi connectivity index (χ4v) is 3.08. The molecule has 1 fully saturated rings. The van der Waals surface area contributed by atoms with E-state index in [2.05, 4.69) is 14.8 Å². The summed E-state index contributed by atoms with van der Waals surface area (Å²) in [6.07, 6.45) is -2.24. The molecule has 140 valence electrons. The van der Waals surface area contributed by atoms with Gasteiger partial charge >= 0.3 is 6.29 Å². The molecule has 4 rings (SSSR count). The van der Waals surface area contributed by atoms with Gasteiger partial charge in [0.2, 0.25) is 5.91 Å². The number of carbonyl (C=O) groups is 2. The molecule has 0 spiro atoms. The summed E-state index contributed by atoms with van der Waals surface area (Å²) in [6, 6.07) is 10.9. The van der Waals surface area contributed by atoms with Crippen molar-refractivity contribution in [3.8, 4) is 11.5 Å². The lowest BCUT2D eigenvalue weighted by molar-refractivity contribution is -0.286. The number of carbonyl (C=O) groups excluding carboxylic acids is 2. The molecule has 2 aliphatic heterocycles. The van der Waals surface area contributed by atoms with Crippen LogP contribution in [-0.2, 0) is 11.3 Å². The summed E-state index contributed by atoms with van der Waals surface area (Å²) in [5.41, 5.74) is 1.66.